The van der Waals surface area contributed by atoms with E-state index in [2.05, 4.69) is 30.6 Å². The van der Waals surface area contributed by atoms with Gasteiger partial charge >= 0.3 is 17.6 Å². The van der Waals surface area contributed by atoms with Gasteiger partial charge < -0.3 is 20.8 Å². The summed E-state index contributed by atoms with van der Waals surface area (Å²) < 4.78 is 0. The molecule has 0 bridgehead atoms. The molecule has 0 aliphatic heterocycles. The monoisotopic (exact) mass is 442 g/mol. The maximum atomic E-state index is 12.3. The van der Waals surface area contributed by atoms with Gasteiger partial charge in [0.2, 0.25) is 0 Å². The van der Waals surface area contributed by atoms with Gasteiger partial charge in [-0.15, -0.1) is 0 Å². The zero-order chi connectivity index (χ0) is 23.3. The van der Waals surface area contributed by atoms with Gasteiger partial charge in [0.25, 0.3) is 11.5 Å². The van der Waals surface area contributed by atoms with Gasteiger partial charge in [-0.2, -0.15) is 0 Å². The molecule has 1 atom stereocenters. The first-order valence-electron chi connectivity index (χ1n) is 9.30. The molecule has 1 aromatic carbocycles. The lowest BCUT2D eigenvalue weighted by Crippen LogP contribution is -2.41. The van der Waals surface area contributed by atoms with E-state index in [1.807, 2.05) is 0 Å². The Kier molecular flexibility index (Phi) is 6.58. The molecule has 0 unspecified atom stereocenters. The quantitative estimate of drug-likeness (QED) is 0.254. The number of carbonyl (C=O) groups excluding carboxylic acids is 1. The summed E-state index contributed by atoms with van der Waals surface area (Å²) in [7, 11) is 0. The fraction of sp³-hybridized carbons (Fsp3) is 0.211. The number of hydrogen-bond acceptors (Lipinski definition) is 8. The average Bonchev–Trinajstić information content (AvgIpc) is 2.75. The summed E-state index contributed by atoms with van der Waals surface area (Å²) in [6.07, 6.45) is 0.773. The van der Waals surface area contributed by atoms with Crippen LogP contribution in [0.25, 0.3) is 11.2 Å². The number of aromatic amines is 2. The van der Waals surface area contributed by atoms with Crippen molar-refractivity contribution in [1.29, 1.82) is 0 Å². The van der Waals surface area contributed by atoms with E-state index >= 15 is 0 Å². The van der Waals surface area contributed by atoms with E-state index in [0.29, 0.717) is 11.4 Å². The van der Waals surface area contributed by atoms with Crippen molar-refractivity contribution < 1.29 is 24.6 Å². The van der Waals surface area contributed by atoms with Crippen LogP contribution >= 0.6 is 0 Å². The predicted octanol–water partition coefficient (Wildman–Crippen LogP) is -0.334. The van der Waals surface area contributed by atoms with Crippen LogP contribution in [-0.4, -0.2) is 54.0 Å². The molecule has 13 nitrogen and oxygen atoms in total. The molecule has 32 heavy (non-hydrogen) atoms. The van der Waals surface area contributed by atoms with E-state index in [1.165, 1.54) is 18.3 Å². The molecule has 0 saturated carbocycles. The first-order valence-corrected chi connectivity index (χ1v) is 9.30. The Morgan fingerprint density at radius 3 is 2.44 bits per heavy atom. The largest absolute Gasteiger partial charge is 0.481 e. The van der Waals surface area contributed by atoms with Gasteiger partial charge in [0.15, 0.2) is 11.2 Å². The Balaban J connectivity index is 1.63. The number of anilines is 1. The molecule has 166 valence electrons. The number of carboxylic acid groups (broad SMARTS) is 2. The summed E-state index contributed by atoms with van der Waals surface area (Å²) in [5.74, 6) is -3.13. The van der Waals surface area contributed by atoms with Crippen molar-refractivity contribution in [3.05, 3.63) is 62.6 Å². The summed E-state index contributed by atoms with van der Waals surface area (Å²) >= 11 is 0. The minimum Gasteiger partial charge on any atom is -0.481 e. The van der Waals surface area contributed by atoms with Crippen molar-refractivity contribution in [1.82, 2.24) is 25.3 Å². The van der Waals surface area contributed by atoms with E-state index in [0.717, 1.165) is 0 Å². The minimum atomic E-state index is -1.32. The van der Waals surface area contributed by atoms with Crippen LogP contribution in [0.5, 0.6) is 0 Å². The van der Waals surface area contributed by atoms with Crippen LogP contribution in [0.2, 0.25) is 0 Å². The maximum Gasteiger partial charge on any atom is 0.327 e. The van der Waals surface area contributed by atoms with Crippen LogP contribution in [0.1, 0.15) is 28.9 Å². The SMILES string of the molecule is O=C(O)CC[C@H](NC(=O)c1ccc(NCc2cnc3[nH]c(=O)[nH]c(=O)c3n2)cc1)C(=O)O. The van der Waals surface area contributed by atoms with Crippen LogP contribution in [0.3, 0.4) is 0 Å². The van der Waals surface area contributed by atoms with E-state index in [4.69, 9.17) is 10.2 Å². The Labute approximate surface area is 178 Å². The number of aromatic nitrogens is 4. The van der Waals surface area contributed by atoms with Crippen LogP contribution in [-0.2, 0) is 16.1 Å². The second-order valence-corrected chi connectivity index (χ2v) is 6.69. The first-order chi connectivity index (χ1) is 15.2. The van der Waals surface area contributed by atoms with Crippen molar-refractivity contribution in [2.75, 3.05) is 5.32 Å². The molecule has 6 N–H and O–H groups in total. The molecule has 3 rings (SSSR count). The Hall–Kier alpha value is -4.55. The molecule has 0 saturated heterocycles. The van der Waals surface area contributed by atoms with Gasteiger partial charge in [-0.25, -0.2) is 19.6 Å². The fourth-order valence-corrected chi connectivity index (χ4v) is 2.76. The maximum absolute atomic E-state index is 12.3. The van der Waals surface area contributed by atoms with Crippen molar-refractivity contribution in [2.45, 2.75) is 25.4 Å². The molecule has 2 heterocycles. The van der Waals surface area contributed by atoms with Crippen LogP contribution < -0.4 is 21.9 Å². The number of nitrogens with one attached hydrogen (secondary N) is 4. The number of benzene rings is 1. The van der Waals surface area contributed by atoms with Gasteiger partial charge in [0.05, 0.1) is 18.4 Å². The zero-order valence-corrected chi connectivity index (χ0v) is 16.4. The highest BCUT2D eigenvalue weighted by molar-refractivity contribution is 5.96. The number of carbonyl (C=O) groups is 3. The molecule has 0 aliphatic rings. The topological polar surface area (TPSA) is 207 Å². The summed E-state index contributed by atoms with van der Waals surface area (Å²) in [5.41, 5.74) is -0.0373. The lowest BCUT2D eigenvalue weighted by atomic mass is 10.1. The summed E-state index contributed by atoms with van der Waals surface area (Å²) in [5, 5.41) is 23.1. The molecule has 0 radical (unpaired) electrons. The molecule has 3 aromatic rings. The number of hydrogen-bond donors (Lipinski definition) is 6. The van der Waals surface area contributed by atoms with E-state index in [9.17, 15) is 24.0 Å². The number of H-pyrrole nitrogens is 2. The first kappa shape index (κ1) is 22.1. The Bertz CT molecular complexity index is 1280. The minimum absolute atomic E-state index is 0.00759. The van der Waals surface area contributed by atoms with Crippen molar-refractivity contribution in [2.24, 2.45) is 0 Å². The molecule has 2 aromatic heterocycles. The van der Waals surface area contributed by atoms with Crippen LogP contribution in [0.15, 0.2) is 40.1 Å². The number of carboxylic acids is 2. The van der Waals surface area contributed by atoms with Crippen molar-refractivity contribution in [3.63, 3.8) is 0 Å². The van der Waals surface area contributed by atoms with Crippen molar-refractivity contribution >= 4 is 34.7 Å². The summed E-state index contributed by atoms with van der Waals surface area (Å²) in [6, 6.07) is 4.78. The van der Waals surface area contributed by atoms with Gasteiger partial charge in [0, 0.05) is 17.7 Å². The highest BCUT2D eigenvalue weighted by Gasteiger charge is 2.21. The Morgan fingerprint density at radius 1 is 1.06 bits per heavy atom. The summed E-state index contributed by atoms with van der Waals surface area (Å²) in [6.45, 7) is 0.198. The van der Waals surface area contributed by atoms with E-state index in [-0.39, 0.29) is 36.1 Å². The number of amides is 1. The Morgan fingerprint density at radius 2 is 1.78 bits per heavy atom. The van der Waals surface area contributed by atoms with Crippen molar-refractivity contribution in [3.8, 4) is 0 Å². The number of rotatable bonds is 9. The molecular formula is C19H18N6O7. The molecule has 0 spiro atoms. The van der Waals surface area contributed by atoms with E-state index in [1.54, 1.807) is 12.1 Å². The lowest BCUT2D eigenvalue weighted by Gasteiger charge is -2.14. The third-order valence-electron chi connectivity index (χ3n) is 4.37. The van der Waals surface area contributed by atoms with Crippen LogP contribution in [0, 0.1) is 0 Å². The normalized spacial score (nSPS) is 11.6. The molecule has 0 aliphatic carbocycles. The summed E-state index contributed by atoms with van der Waals surface area (Å²) in [4.78, 5) is 69.8. The third kappa shape index (κ3) is 5.53. The highest BCUT2D eigenvalue weighted by atomic mass is 16.4. The highest BCUT2D eigenvalue weighted by Crippen LogP contribution is 2.12. The number of aliphatic carboxylic acids is 2. The lowest BCUT2D eigenvalue weighted by molar-refractivity contribution is -0.140. The van der Waals surface area contributed by atoms with Gasteiger partial charge in [-0.1, -0.05) is 0 Å². The third-order valence-corrected chi connectivity index (χ3v) is 4.37. The molecular weight excluding hydrogens is 424 g/mol. The molecule has 1 amide bonds. The number of fused-ring (bicyclic) bond motifs is 1. The number of nitrogens with zero attached hydrogens (tertiary/aromatic N) is 2. The van der Waals surface area contributed by atoms with Crippen LogP contribution in [0.4, 0.5) is 5.69 Å². The predicted molar refractivity (Wildman–Crippen MR) is 110 cm³/mol. The fourth-order valence-electron chi connectivity index (χ4n) is 2.76. The smallest absolute Gasteiger partial charge is 0.327 e. The second-order valence-electron chi connectivity index (χ2n) is 6.69. The molecule has 13 heteroatoms. The van der Waals surface area contributed by atoms with Gasteiger partial charge in [0.1, 0.15) is 6.04 Å². The van der Waals surface area contributed by atoms with Gasteiger partial charge in [-0.3, -0.25) is 24.4 Å². The van der Waals surface area contributed by atoms with Gasteiger partial charge in [-0.05, 0) is 30.7 Å². The average molecular weight is 442 g/mol. The van der Waals surface area contributed by atoms with E-state index < -0.39 is 35.1 Å². The standard InChI is InChI=1S/C19H18N6O7/c26-13(27)6-5-12(18(30)31)23-16(28)9-1-3-10(4-2-9)20-7-11-8-21-15-14(22-11)17(29)25-19(32)24-15/h1-4,8,12,20H,5-7H2,(H,23,28)(H,26,27)(H,30,31)(H2,21,24,25,29,32)/t12-/m0/s1. The zero-order valence-electron chi connectivity index (χ0n) is 16.4. The molecule has 0 fully saturated rings. The second kappa shape index (κ2) is 9.51.